The molecule has 0 unspecified atom stereocenters. The van der Waals surface area contributed by atoms with E-state index in [0.717, 1.165) is 16.8 Å². The molecule has 134 valence electrons. The number of aromatic nitrogens is 4. The normalized spacial score (nSPS) is 11.2. The summed E-state index contributed by atoms with van der Waals surface area (Å²) in [5, 5.41) is 14.8. The van der Waals surface area contributed by atoms with Crippen LogP contribution in [0, 0.1) is 12.7 Å². The van der Waals surface area contributed by atoms with Crippen LogP contribution in [-0.2, 0) is 0 Å². The average Bonchev–Trinajstić information content (AvgIpc) is 3.12. The lowest BCUT2D eigenvalue weighted by molar-refractivity contribution is 0.314. The molecule has 0 radical (unpaired) electrons. The number of halogens is 1. The SMILES string of the molecule is Cc1ccccc1Nc1nc2nonc2nc1N/N=C\c1ccc(F)cc1. The molecule has 2 heterocycles. The highest BCUT2D eigenvalue weighted by Crippen LogP contribution is 2.25. The smallest absolute Gasteiger partial charge is 0.245 e. The van der Waals surface area contributed by atoms with Gasteiger partial charge in [-0.15, -0.1) is 0 Å². The Labute approximate surface area is 153 Å². The van der Waals surface area contributed by atoms with Gasteiger partial charge >= 0.3 is 0 Å². The van der Waals surface area contributed by atoms with E-state index in [2.05, 4.69) is 40.8 Å². The van der Waals surface area contributed by atoms with Crippen LogP contribution < -0.4 is 10.7 Å². The molecule has 8 nitrogen and oxygen atoms in total. The van der Waals surface area contributed by atoms with Crippen molar-refractivity contribution >= 4 is 34.8 Å². The van der Waals surface area contributed by atoms with Crippen LogP contribution in [0.15, 0.2) is 58.3 Å². The fourth-order valence-corrected chi connectivity index (χ4v) is 2.36. The van der Waals surface area contributed by atoms with Gasteiger partial charge in [-0.3, -0.25) is 5.43 Å². The Morgan fingerprint density at radius 1 is 0.963 bits per heavy atom. The van der Waals surface area contributed by atoms with Crippen molar-refractivity contribution < 1.29 is 9.02 Å². The number of nitrogens with one attached hydrogen (secondary N) is 2. The van der Waals surface area contributed by atoms with Crippen LogP contribution in [0.1, 0.15) is 11.1 Å². The van der Waals surface area contributed by atoms with E-state index >= 15 is 0 Å². The Morgan fingerprint density at radius 3 is 2.41 bits per heavy atom. The molecule has 0 aliphatic carbocycles. The number of benzene rings is 2. The van der Waals surface area contributed by atoms with E-state index in [0.29, 0.717) is 11.6 Å². The van der Waals surface area contributed by atoms with Crippen LogP contribution in [0.4, 0.5) is 21.7 Å². The Kier molecular flexibility index (Phi) is 4.40. The fraction of sp³-hybridized carbons (Fsp3) is 0.0556. The molecule has 4 aromatic rings. The quantitative estimate of drug-likeness (QED) is 0.412. The molecular weight excluding hydrogens is 349 g/mol. The first-order valence-corrected chi connectivity index (χ1v) is 8.06. The highest BCUT2D eigenvalue weighted by Gasteiger charge is 2.13. The number of nitrogens with zero attached hydrogens (tertiary/aromatic N) is 5. The summed E-state index contributed by atoms with van der Waals surface area (Å²) >= 11 is 0. The summed E-state index contributed by atoms with van der Waals surface area (Å²) in [7, 11) is 0. The maximum Gasteiger partial charge on any atom is 0.245 e. The van der Waals surface area contributed by atoms with Crippen molar-refractivity contribution in [2.75, 3.05) is 10.7 Å². The van der Waals surface area contributed by atoms with Crippen molar-refractivity contribution in [3.05, 3.63) is 65.5 Å². The Bertz CT molecular complexity index is 1110. The van der Waals surface area contributed by atoms with E-state index in [9.17, 15) is 4.39 Å². The fourth-order valence-electron chi connectivity index (χ4n) is 2.36. The summed E-state index contributed by atoms with van der Waals surface area (Å²) in [5.41, 5.74) is 6.00. The zero-order chi connectivity index (χ0) is 18.6. The first kappa shape index (κ1) is 16.6. The van der Waals surface area contributed by atoms with Gasteiger partial charge in [0.1, 0.15) is 5.82 Å². The summed E-state index contributed by atoms with van der Waals surface area (Å²) in [6.45, 7) is 1.98. The van der Waals surface area contributed by atoms with Crippen molar-refractivity contribution in [1.29, 1.82) is 0 Å². The minimum Gasteiger partial charge on any atom is -0.337 e. The molecule has 27 heavy (non-hydrogen) atoms. The summed E-state index contributed by atoms with van der Waals surface area (Å²) in [4.78, 5) is 8.71. The average molecular weight is 363 g/mol. The van der Waals surface area contributed by atoms with Gasteiger partial charge in [0.25, 0.3) is 0 Å². The van der Waals surface area contributed by atoms with Crippen LogP contribution in [0.25, 0.3) is 11.3 Å². The number of fused-ring (bicyclic) bond motifs is 1. The molecule has 0 amide bonds. The van der Waals surface area contributed by atoms with E-state index < -0.39 is 0 Å². The summed E-state index contributed by atoms with van der Waals surface area (Å²) in [6.07, 6.45) is 1.55. The van der Waals surface area contributed by atoms with Gasteiger partial charge < -0.3 is 5.32 Å². The molecule has 0 saturated heterocycles. The van der Waals surface area contributed by atoms with Gasteiger partial charge in [-0.25, -0.2) is 14.0 Å². The Balaban J connectivity index is 1.63. The molecule has 9 heteroatoms. The largest absolute Gasteiger partial charge is 0.337 e. The van der Waals surface area contributed by atoms with Gasteiger partial charge in [0.2, 0.25) is 11.3 Å². The topological polar surface area (TPSA) is 101 Å². The van der Waals surface area contributed by atoms with Crippen LogP contribution in [0.3, 0.4) is 0 Å². The molecule has 0 bridgehead atoms. The molecule has 0 aliphatic rings. The highest BCUT2D eigenvalue weighted by atomic mass is 19.1. The van der Waals surface area contributed by atoms with E-state index in [-0.39, 0.29) is 17.1 Å². The molecular formula is C18H14FN7O. The highest BCUT2D eigenvalue weighted by molar-refractivity contribution is 5.81. The maximum absolute atomic E-state index is 13.0. The maximum atomic E-state index is 13.0. The second-order valence-electron chi connectivity index (χ2n) is 5.69. The van der Waals surface area contributed by atoms with Gasteiger partial charge in [-0.1, -0.05) is 30.3 Å². The number of hydrogen-bond acceptors (Lipinski definition) is 8. The van der Waals surface area contributed by atoms with Crippen LogP contribution in [0.5, 0.6) is 0 Å². The molecule has 0 saturated carbocycles. The Morgan fingerprint density at radius 2 is 1.67 bits per heavy atom. The summed E-state index contributed by atoms with van der Waals surface area (Å²) in [6, 6.07) is 13.7. The van der Waals surface area contributed by atoms with Crippen molar-refractivity contribution in [2.45, 2.75) is 6.92 Å². The molecule has 4 rings (SSSR count). The number of aryl methyl sites for hydroxylation is 1. The third-order valence-electron chi connectivity index (χ3n) is 3.77. The van der Waals surface area contributed by atoms with Gasteiger partial charge in [0, 0.05) is 5.69 Å². The van der Waals surface area contributed by atoms with Gasteiger partial charge in [0.15, 0.2) is 11.6 Å². The predicted octanol–water partition coefficient (Wildman–Crippen LogP) is 3.65. The van der Waals surface area contributed by atoms with Crippen molar-refractivity contribution in [2.24, 2.45) is 5.10 Å². The van der Waals surface area contributed by atoms with Crippen LogP contribution in [0.2, 0.25) is 0 Å². The van der Waals surface area contributed by atoms with Crippen molar-refractivity contribution in [3.8, 4) is 0 Å². The third kappa shape index (κ3) is 3.71. The number of rotatable bonds is 5. The molecule has 0 atom stereocenters. The lowest BCUT2D eigenvalue weighted by Gasteiger charge is -2.11. The summed E-state index contributed by atoms with van der Waals surface area (Å²) in [5.74, 6) is 0.461. The van der Waals surface area contributed by atoms with E-state index in [4.69, 9.17) is 0 Å². The van der Waals surface area contributed by atoms with Gasteiger partial charge in [-0.05, 0) is 46.6 Å². The second kappa shape index (κ2) is 7.16. The Hall–Kier alpha value is -3.88. The molecule has 2 aromatic carbocycles. The van der Waals surface area contributed by atoms with E-state index in [1.165, 1.54) is 12.1 Å². The first-order chi connectivity index (χ1) is 13.2. The monoisotopic (exact) mass is 363 g/mol. The zero-order valence-corrected chi connectivity index (χ0v) is 14.2. The number of hydrogen-bond donors (Lipinski definition) is 2. The van der Waals surface area contributed by atoms with Gasteiger partial charge in [-0.2, -0.15) is 10.1 Å². The number of para-hydroxylation sites is 1. The predicted molar refractivity (Wildman–Crippen MR) is 99.5 cm³/mol. The molecule has 0 aliphatic heterocycles. The number of hydrazone groups is 1. The number of anilines is 3. The minimum absolute atomic E-state index is 0.254. The third-order valence-corrected chi connectivity index (χ3v) is 3.77. The zero-order valence-electron chi connectivity index (χ0n) is 14.2. The van der Waals surface area contributed by atoms with Crippen LogP contribution >= 0.6 is 0 Å². The van der Waals surface area contributed by atoms with Gasteiger partial charge in [0.05, 0.1) is 6.21 Å². The van der Waals surface area contributed by atoms with E-state index in [1.54, 1.807) is 18.3 Å². The van der Waals surface area contributed by atoms with Crippen LogP contribution in [-0.4, -0.2) is 26.5 Å². The lowest BCUT2D eigenvalue weighted by Crippen LogP contribution is -2.04. The molecule has 2 N–H and O–H groups in total. The lowest BCUT2D eigenvalue weighted by atomic mass is 10.2. The summed E-state index contributed by atoms with van der Waals surface area (Å²) < 4.78 is 17.7. The molecule has 2 aromatic heterocycles. The molecule has 0 fully saturated rings. The minimum atomic E-state index is -0.306. The first-order valence-electron chi connectivity index (χ1n) is 8.06. The standard InChI is InChI=1S/C18H14FN7O/c1-11-4-2-3-5-14(11)21-15-16(23-18-17(22-15)25-27-26-18)24-20-10-12-6-8-13(19)9-7-12/h2-10H,1H3,(H,21,22,25)(H,23,24,26)/b20-10-. The van der Waals surface area contributed by atoms with Crippen molar-refractivity contribution in [3.63, 3.8) is 0 Å². The molecule has 0 spiro atoms. The second-order valence-corrected chi connectivity index (χ2v) is 5.69. The van der Waals surface area contributed by atoms with E-state index in [1.807, 2.05) is 31.2 Å². The van der Waals surface area contributed by atoms with Crippen molar-refractivity contribution in [1.82, 2.24) is 20.3 Å².